The van der Waals surface area contributed by atoms with E-state index in [4.69, 9.17) is 4.74 Å². The van der Waals surface area contributed by atoms with E-state index < -0.39 is 0 Å². The minimum Gasteiger partial charge on any atom is -0.492 e. The number of hydrogen-bond acceptors (Lipinski definition) is 2. The molecule has 0 aliphatic rings. The number of unbranched alkanes of at least 4 members (excludes halogenated alkanes) is 3. The third kappa shape index (κ3) is 4.40. The number of ether oxygens (including phenoxy) is 1. The molecule has 0 amide bonds. The zero-order valence-corrected chi connectivity index (χ0v) is 11.4. The minimum atomic E-state index is 0.848. The maximum atomic E-state index is 5.82. The van der Waals surface area contributed by atoms with Crippen molar-refractivity contribution in [1.82, 2.24) is 0 Å². The first-order chi connectivity index (χ1) is 7.77. The van der Waals surface area contributed by atoms with Gasteiger partial charge < -0.3 is 4.74 Å². The molecule has 0 unspecified atom stereocenters. The van der Waals surface area contributed by atoms with Crippen LogP contribution in [0.25, 0.3) is 6.08 Å². The van der Waals surface area contributed by atoms with Crippen LogP contribution in [0.3, 0.4) is 0 Å². The van der Waals surface area contributed by atoms with Crippen molar-refractivity contribution in [3.8, 4) is 5.75 Å². The van der Waals surface area contributed by atoms with Gasteiger partial charge in [-0.15, -0.1) is 11.3 Å². The van der Waals surface area contributed by atoms with Crippen molar-refractivity contribution in [2.75, 3.05) is 6.61 Å². The Morgan fingerprint density at radius 3 is 2.81 bits per heavy atom. The van der Waals surface area contributed by atoms with Crippen LogP contribution in [0.2, 0.25) is 0 Å². The van der Waals surface area contributed by atoms with Gasteiger partial charge in [0.1, 0.15) is 5.75 Å². The molecule has 0 saturated heterocycles. The molecule has 1 rings (SSSR count). The average Bonchev–Trinajstić information content (AvgIpc) is 2.59. The van der Waals surface area contributed by atoms with E-state index in [-0.39, 0.29) is 0 Å². The Bertz CT molecular complexity index is 325. The van der Waals surface area contributed by atoms with Gasteiger partial charge in [-0.2, -0.15) is 0 Å². The van der Waals surface area contributed by atoms with Crippen molar-refractivity contribution in [2.24, 2.45) is 0 Å². The average molecular weight is 238 g/mol. The van der Waals surface area contributed by atoms with Crippen molar-refractivity contribution in [2.45, 2.75) is 46.5 Å². The normalized spacial score (nSPS) is 11.2. The fourth-order valence-corrected chi connectivity index (χ4v) is 2.54. The molecule has 0 aromatic carbocycles. The molecule has 0 aliphatic carbocycles. The first-order valence-corrected chi connectivity index (χ1v) is 6.95. The second kappa shape index (κ2) is 7.50. The predicted octanol–water partition coefficient (Wildman–Crippen LogP) is 5.05. The summed E-state index contributed by atoms with van der Waals surface area (Å²) in [5, 5.41) is 0. The summed E-state index contributed by atoms with van der Waals surface area (Å²) >= 11 is 1.80. The molecule has 0 N–H and O–H groups in total. The monoisotopic (exact) mass is 238 g/mol. The number of aryl methyl sites for hydroxylation is 1. The Kier molecular flexibility index (Phi) is 6.24. The highest BCUT2D eigenvalue weighted by atomic mass is 32.1. The van der Waals surface area contributed by atoms with Crippen molar-refractivity contribution in [3.63, 3.8) is 0 Å². The zero-order valence-electron chi connectivity index (χ0n) is 10.6. The van der Waals surface area contributed by atoms with Crippen molar-refractivity contribution in [1.29, 1.82) is 0 Å². The molecule has 1 nitrogen and oxygen atoms in total. The lowest BCUT2D eigenvalue weighted by Gasteiger charge is -2.04. The van der Waals surface area contributed by atoms with E-state index in [1.54, 1.807) is 11.3 Å². The van der Waals surface area contributed by atoms with Crippen LogP contribution in [0.5, 0.6) is 5.75 Å². The summed E-state index contributed by atoms with van der Waals surface area (Å²) in [5.74, 6) is 1.05. The van der Waals surface area contributed by atoms with Crippen molar-refractivity contribution in [3.05, 3.63) is 21.9 Å². The van der Waals surface area contributed by atoms with Crippen LogP contribution < -0.4 is 4.74 Å². The third-order valence-electron chi connectivity index (χ3n) is 2.42. The van der Waals surface area contributed by atoms with E-state index >= 15 is 0 Å². The quantitative estimate of drug-likeness (QED) is 0.604. The molecule has 0 radical (unpaired) electrons. The Morgan fingerprint density at radius 2 is 2.12 bits per heavy atom. The van der Waals surface area contributed by atoms with Crippen LogP contribution in [0.15, 0.2) is 12.1 Å². The molecule has 0 saturated carbocycles. The van der Waals surface area contributed by atoms with Crippen LogP contribution in [0.1, 0.15) is 49.3 Å². The van der Waals surface area contributed by atoms with E-state index in [1.807, 2.05) is 6.92 Å². The number of thiophene rings is 1. The fourth-order valence-electron chi connectivity index (χ4n) is 1.60. The molecule has 0 spiro atoms. The second-order valence-corrected chi connectivity index (χ2v) is 5.28. The van der Waals surface area contributed by atoms with E-state index in [9.17, 15) is 0 Å². The van der Waals surface area contributed by atoms with E-state index in [2.05, 4.69) is 32.1 Å². The van der Waals surface area contributed by atoms with Gasteiger partial charge >= 0.3 is 0 Å². The molecule has 0 aliphatic heterocycles. The van der Waals surface area contributed by atoms with Gasteiger partial charge in [0.05, 0.1) is 11.5 Å². The minimum absolute atomic E-state index is 0.848. The van der Waals surface area contributed by atoms with Crippen molar-refractivity contribution < 1.29 is 4.74 Å². The summed E-state index contributed by atoms with van der Waals surface area (Å²) in [7, 11) is 0. The highest BCUT2D eigenvalue weighted by molar-refractivity contribution is 7.13. The molecule has 1 aromatic rings. The van der Waals surface area contributed by atoms with Gasteiger partial charge in [-0.05, 0) is 32.4 Å². The van der Waals surface area contributed by atoms with Crippen LogP contribution in [0.4, 0.5) is 0 Å². The molecule has 90 valence electrons. The smallest absolute Gasteiger partial charge is 0.137 e. The van der Waals surface area contributed by atoms with Gasteiger partial charge in [-0.1, -0.05) is 32.3 Å². The van der Waals surface area contributed by atoms with Gasteiger partial charge in [0.25, 0.3) is 0 Å². The molecular formula is C14H22OS. The summed E-state index contributed by atoms with van der Waals surface area (Å²) in [6.45, 7) is 7.25. The largest absolute Gasteiger partial charge is 0.492 e. The summed E-state index contributed by atoms with van der Waals surface area (Å²) in [6.07, 6.45) is 9.22. The Hall–Kier alpha value is -0.760. The highest BCUT2D eigenvalue weighted by Crippen LogP contribution is 2.30. The Balaban J connectivity index is 2.40. The summed E-state index contributed by atoms with van der Waals surface area (Å²) in [6, 6.07) is 2.14. The Morgan fingerprint density at radius 1 is 1.31 bits per heavy atom. The third-order valence-corrected chi connectivity index (χ3v) is 3.42. The first kappa shape index (κ1) is 13.3. The molecular weight excluding hydrogens is 216 g/mol. The Labute approximate surface area is 103 Å². The molecule has 0 fully saturated rings. The number of hydrogen-bond donors (Lipinski definition) is 0. The first-order valence-electron chi connectivity index (χ1n) is 6.13. The lowest BCUT2D eigenvalue weighted by molar-refractivity contribution is 0.305. The molecule has 1 heterocycles. The standard InChI is InChI=1S/C14H22OS/c1-4-6-7-8-10-15-13-11-12(3)16-14(13)9-5-2/h5,9,11H,4,6-8,10H2,1-3H3. The van der Waals surface area contributed by atoms with Crippen LogP contribution in [0, 0.1) is 6.92 Å². The van der Waals surface area contributed by atoms with Crippen LogP contribution >= 0.6 is 11.3 Å². The molecule has 0 bridgehead atoms. The van der Waals surface area contributed by atoms with Gasteiger partial charge in [0.15, 0.2) is 0 Å². The lowest BCUT2D eigenvalue weighted by atomic mass is 10.2. The summed E-state index contributed by atoms with van der Waals surface area (Å²) < 4.78 is 5.82. The zero-order chi connectivity index (χ0) is 11.8. The summed E-state index contributed by atoms with van der Waals surface area (Å²) in [5.41, 5.74) is 0. The maximum absolute atomic E-state index is 5.82. The maximum Gasteiger partial charge on any atom is 0.137 e. The van der Waals surface area contributed by atoms with Gasteiger partial charge in [0.2, 0.25) is 0 Å². The second-order valence-electron chi connectivity index (χ2n) is 3.99. The summed E-state index contributed by atoms with van der Waals surface area (Å²) in [4.78, 5) is 2.56. The van der Waals surface area contributed by atoms with Gasteiger partial charge in [-0.25, -0.2) is 0 Å². The van der Waals surface area contributed by atoms with Crippen LogP contribution in [-0.4, -0.2) is 6.61 Å². The van der Waals surface area contributed by atoms with Gasteiger partial charge in [0, 0.05) is 4.88 Å². The van der Waals surface area contributed by atoms with E-state index in [0.29, 0.717) is 0 Å². The molecule has 0 atom stereocenters. The number of rotatable bonds is 7. The van der Waals surface area contributed by atoms with E-state index in [0.717, 1.165) is 18.8 Å². The van der Waals surface area contributed by atoms with Crippen LogP contribution in [-0.2, 0) is 0 Å². The lowest BCUT2D eigenvalue weighted by Crippen LogP contribution is -1.96. The predicted molar refractivity (Wildman–Crippen MR) is 73.4 cm³/mol. The molecule has 2 heteroatoms. The van der Waals surface area contributed by atoms with E-state index in [1.165, 1.54) is 29.0 Å². The molecule has 16 heavy (non-hydrogen) atoms. The van der Waals surface area contributed by atoms with Crippen molar-refractivity contribution >= 4 is 17.4 Å². The van der Waals surface area contributed by atoms with Gasteiger partial charge in [-0.3, -0.25) is 0 Å². The topological polar surface area (TPSA) is 9.23 Å². The molecule has 1 aromatic heterocycles. The SMILES string of the molecule is CC=Cc1sc(C)cc1OCCCCCC. The highest BCUT2D eigenvalue weighted by Gasteiger charge is 2.04. The number of allylic oxidation sites excluding steroid dienone is 1. The fraction of sp³-hybridized carbons (Fsp3) is 0.571.